The first-order chi connectivity index (χ1) is 13.6. The lowest BCUT2D eigenvalue weighted by atomic mass is 10.0. The van der Waals surface area contributed by atoms with Crippen molar-refractivity contribution < 1.29 is 0 Å². The van der Waals surface area contributed by atoms with Crippen LogP contribution in [0.4, 0.5) is 5.82 Å². The second-order valence-corrected chi connectivity index (χ2v) is 7.09. The summed E-state index contributed by atoms with van der Waals surface area (Å²) in [5.74, 6) is 0.221. The summed E-state index contributed by atoms with van der Waals surface area (Å²) in [6.07, 6.45) is 4.02. The second kappa shape index (κ2) is 8.64. The van der Waals surface area contributed by atoms with Crippen molar-refractivity contribution in [1.82, 2.24) is 29.9 Å². The van der Waals surface area contributed by atoms with Crippen LogP contribution < -0.4 is 11.1 Å². The first kappa shape index (κ1) is 20.8. The molecule has 1 aliphatic heterocycles. The van der Waals surface area contributed by atoms with Crippen molar-refractivity contribution in [3.63, 3.8) is 0 Å². The van der Waals surface area contributed by atoms with Crippen molar-refractivity contribution in [1.29, 1.82) is 5.26 Å². The van der Waals surface area contributed by atoms with Crippen LogP contribution >= 0.6 is 12.4 Å². The molecule has 0 spiro atoms. The van der Waals surface area contributed by atoms with E-state index in [0.29, 0.717) is 16.8 Å². The number of halogens is 1. The third kappa shape index (κ3) is 3.97. The molecule has 8 nitrogen and oxygen atoms in total. The van der Waals surface area contributed by atoms with Gasteiger partial charge in [0.2, 0.25) is 0 Å². The quantitative estimate of drug-likeness (QED) is 0.681. The van der Waals surface area contributed by atoms with Gasteiger partial charge in [0.25, 0.3) is 0 Å². The van der Waals surface area contributed by atoms with E-state index >= 15 is 0 Å². The second-order valence-electron chi connectivity index (χ2n) is 7.09. The first-order valence-electron chi connectivity index (χ1n) is 9.63. The molecular weight excluding hydrogens is 388 g/mol. The van der Waals surface area contributed by atoms with Gasteiger partial charge in [0.05, 0.1) is 22.8 Å². The predicted octanol–water partition coefficient (Wildman–Crippen LogP) is 2.90. The van der Waals surface area contributed by atoms with Gasteiger partial charge in [-0.15, -0.1) is 12.4 Å². The molecule has 0 radical (unpaired) electrons. The molecule has 3 N–H and O–H groups in total. The highest BCUT2D eigenvalue weighted by Gasteiger charge is 2.19. The van der Waals surface area contributed by atoms with Gasteiger partial charge in [-0.3, -0.25) is 9.36 Å². The van der Waals surface area contributed by atoms with Crippen LogP contribution in [0.5, 0.6) is 0 Å². The standard InChI is InChI=1S/C20H24N8.ClH/c1-3-6-27-12-17(13(2)25-27)18-9-15(16(10-21)20(22)24-18)19-8-14-11-23-5-4-7-28(14)26-19;/h8-9,12,23H,3-7,11H2,1-2H3,(H2,22,24);1H. The Balaban J connectivity index is 0.00000240. The third-order valence-corrected chi connectivity index (χ3v) is 5.00. The smallest absolute Gasteiger partial charge is 0.142 e. The van der Waals surface area contributed by atoms with Crippen molar-refractivity contribution in [3.8, 4) is 28.6 Å². The van der Waals surface area contributed by atoms with Crippen LogP contribution in [0.1, 0.15) is 36.7 Å². The zero-order valence-corrected chi connectivity index (χ0v) is 17.5. The zero-order chi connectivity index (χ0) is 19.7. The van der Waals surface area contributed by atoms with Gasteiger partial charge in [-0.2, -0.15) is 15.5 Å². The Bertz CT molecular complexity index is 1040. The van der Waals surface area contributed by atoms with Crippen molar-refractivity contribution >= 4 is 18.2 Å². The number of aryl methyl sites for hydroxylation is 3. The lowest BCUT2D eigenvalue weighted by Gasteiger charge is -2.08. The number of hydrogen-bond donors (Lipinski definition) is 2. The van der Waals surface area contributed by atoms with Crippen LogP contribution in [0.25, 0.3) is 22.5 Å². The molecule has 3 aromatic heterocycles. The normalized spacial score (nSPS) is 13.3. The lowest BCUT2D eigenvalue weighted by molar-refractivity contribution is 0.589. The van der Waals surface area contributed by atoms with E-state index in [9.17, 15) is 5.26 Å². The maximum absolute atomic E-state index is 9.67. The molecule has 3 aromatic rings. The number of anilines is 1. The van der Waals surface area contributed by atoms with Crippen LogP contribution in [-0.4, -0.2) is 31.1 Å². The number of nitrogens with zero attached hydrogens (tertiary/aromatic N) is 6. The largest absolute Gasteiger partial charge is 0.383 e. The Morgan fingerprint density at radius 1 is 1.24 bits per heavy atom. The first-order valence-corrected chi connectivity index (χ1v) is 9.63. The number of nitrogens with one attached hydrogen (secondary N) is 1. The summed E-state index contributed by atoms with van der Waals surface area (Å²) in [7, 11) is 0. The number of fused-ring (bicyclic) bond motifs is 1. The minimum atomic E-state index is 0. The van der Waals surface area contributed by atoms with E-state index in [1.165, 1.54) is 0 Å². The van der Waals surface area contributed by atoms with Crippen LogP contribution in [0, 0.1) is 18.3 Å². The van der Waals surface area contributed by atoms with E-state index in [1.807, 2.05) is 34.6 Å². The minimum Gasteiger partial charge on any atom is -0.383 e. The third-order valence-electron chi connectivity index (χ3n) is 5.00. The topological polar surface area (TPSA) is 110 Å². The fourth-order valence-corrected chi connectivity index (χ4v) is 3.63. The SMILES string of the molecule is CCCn1cc(-c2cc(-c3cc4n(n3)CCCNC4)c(C#N)c(N)n2)c(C)n1.Cl. The molecule has 0 aliphatic carbocycles. The molecule has 4 heterocycles. The van der Waals surface area contributed by atoms with Gasteiger partial charge >= 0.3 is 0 Å². The summed E-state index contributed by atoms with van der Waals surface area (Å²) in [5.41, 5.74) is 11.6. The Morgan fingerprint density at radius 2 is 2.07 bits per heavy atom. The van der Waals surface area contributed by atoms with E-state index in [4.69, 9.17) is 10.8 Å². The van der Waals surface area contributed by atoms with Gasteiger partial charge in [0, 0.05) is 37.0 Å². The minimum absolute atomic E-state index is 0. The molecule has 0 saturated heterocycles. The molecular formula is C20H25ClN8. The molecule has 0 bridgehead atoms. The van der Waals surface area contributed by atoms with Crippen molar-refractivity contribution in [3.05, 3.63) is 35.3 Å². The highest BCUT2D eigenvalue weighted by Crippen LogP contribution is 2.32. The van der Waals surface area contributed by atoms with Gasteiger partial charge in [0.15, 0.2) is 0 Å². The summed E-state index contributed by atoms with van der Waals surface area (Å²) in [5, 5.41) is 22.4. The molecule has 9 heteroatoms. The van der Waals surface area contributed by atoms with Crippen LogP contribution in [-0.2, 0) is 19.6 Å². The molecule has 1 aliphatic rings. The molecule has 0 amide bonds. The fourth-order valence-electron chi connectivity index (χ4n) is 3.63. The van der Waals surface area contributed by atoms with E-state index in [0.717, 1.165) is 61.7 Å². The number of hydrogen-bond acceptors (Lipinski definition) is 6. The van der Waals surface area contributed by atoms with E-state index in [2.05, 4.69) is 28.4 Å². The Morgan fingerprint density at radius 3 is 2.83 bits per heavy atom. The number of pyridine rings is 1. The zero-order valence-electron chi connectivity index (χ0n) is 16.6. The molecule has 0 fully saturated rings. The number of rotatable bonds is 4. The average molecular weight is 413 g/mol. The molecule has 152 valence electrons. The van der Waals surface area contributed by atoms with E-state index in [1.54, 1.807) is 0 Å². The molecule has 29 heavy (non-hydrogen) atoms. The highest BCUT2D eigenvalue weighted by molar-refractivity contribution is 5.85. The van der Waals surface area contributed by atoms with Gasteiger partial charge in [-0.1, -0.05) is 6.92 Å². The van der Waals surface area contributed by atoms with Gasteiger partial charge in [-0.05, 0) is 38.4 Å². The van der Waals surface area contributed by atoms with Gasteiger partial charge < -0.3 is 11.1 Å². The Hall–Kier alpha value is -2.89. The Labute approximate surface area is 176 Å². The maximum Gasteiger partial charge on any atom is 0.142 e. The van der Waals surface area contributed by atoms with E-state index < -0.39 is 0 Å². The fraction of sp³-hybridized carbons (Fsp3) is 0.400. The molecule has 0 aromatic carbocycles. The summed E-state index contributed by atoms with van der Waals surface area (Å²) in [6.45, 7) is 7.54. The number of nitriles is 1. The molecule has 0 saturated carbocycles. The Kier molecular flexibility index (Phi) is 6.20. The molecule has 0 unspecified atom stereocenters. The summed E-state index contributed by atoms with van der Waals surface area (Å²) in [6, 6.07) is 6.14. The van der Waals surface area contributed by atoms with Gasteiger partial charge in [0.1, 0.15) is 17.5 Å². The molecule has 0 atom stereocenters. The number of nitrogens with two attached hydrogens (primary N) is 1. The van der Waals surface area contributed by atoms with Crippen LogP contribution in [0.2, 0.25) is 0 Å². The lowest BCUT2D eigenvalue weighted by Crippen LogP contribution is -2.11. The van der Waals surface area contributed by atoms with Crippen LogP contribution in [0.3, 0.4) is 0 Å². The van der Waals surface area contributed by atoms with Crippen molar-refractivity contribution in [2.24, 2.45) is 0 Å². The van der Waals surface area contributed by atoms with Crippen molar-refractivity contribution in [2.45, 2.75) is 46.3 Å². The maximum atomic E-state index is 9.67. The number of nitrogen functional groups attached to an aromatic ring is 1. The summed E-state index contributed by atoms with van der Waals surface area (Å²) in [4.78, 5) is 4.49. The molecule has 4 rings (SSSR count). The van der Waals surface area contributed by atoms with E-state index in [-0.39, 0.29) is 18.2 Å². The summed E-state index contributed by atoms with van der Waals surface area (Å²) >= 11 is 0. The van der Waals surface area contributed by atoms with Gasteiger partial charge in [-0.25, -0.2) is 4.98 Å². The van der Waals surface area contributed by atoms with Crippen LogP contribution in [0.15, 0.2) is 18.3 Å². The predicted molar refractivity (Wildman–Crippen MR) is 114 cm³/mol. The van der Waals surface area contributed by atoms with Crippen molar-refractivity contribution in [2.75, 3.05) is 12.3 Å². The highest BCUT2D eigenvalue weighted by atomic mass is 35.5. The number of aromatic nitrogens is 5. The summed E-state index contributed by atoms with van der Waals surface area (Å²) < 4.78 is 3.93. The average Bonchev–Trinajstić information content (AvgIpc) is 3.17. The monoisotopic (exact) mass is 412 g/mol.